The van der Waals surface area contributed by atoms with Gasteiger partial charge in [-0.25, -0.2) is 5.43 Å². The van der Waals surface area contributed by atoms with E-state index in [2.05, 4.69) is 23.5 Å². The Morgan fingerprint density at radius 2 is 1.77 bits per heavy atom. The maximum Gasteiger partial charge on any atom is 0.277 e. The van der Waals surface area contributed by atoms with Crippen LogP contribution in [0.3, 0.4) is 0 Å². The highest BCUT2D eigenvalue weighted by molar-refractivity contribution is 6.00. The Balaban J connectivity index is 1.59. The Hall–Kier alpha value is -3.14. The summed E-state index contributed by atoms with van der Waals surface area (Å²) in [5.74, 6) is 0.371. The molecular weight excluding hydrogens is 324 g/mol. The number of benzene rings is 3. The van der Waals surface area contributed by atoms with E-state index in [0.29, 0.717) is 5.75 Å². The summed E-state index contributed by atoms with van der Waals surface area (Å²) in [7, 11) is 0. The third-order valence-electron chi connectivity index (χ3n) is 4.21. The van der Waals surface area contributed by atoms with Crippen molar-refractivity contribution in [1.82, 2.24) is 5.43 Å². The molecule has 0 aromatic heterocycles. The number of amides is 1. The fourth-order valence-corrected chi connectivity index (χ4v) is 2.86. The minimum absolute atomic E-state index is 0.0813. The summed E-state index contributed by atoms with van der Waals surface area (Å²) in [5.41, 5.74) is 6.67. The predicted molar refractivity (Wildman–Crippen MR) is 106 cm³/mol. The molecule has 26 heavy (non-hydrogen) atoms. The number of carbonyl (C=O) groups excluding carboxylic acids is 1. The Morgan fingerprint density at radius 3 is 2.54 bits per heavy atom. The summed E-state index contributed by atoms with van der Waals surface area (Å²) in [6.45, 7) is 5.88. The average molecular weight is 346 g/mol. The van der Waals surface area contributed by atoms with Gasteiger partial charge in [-0.15, -0.1) is 0 Å². The SMILES string of the molecule is C/C(=N\NC(=O)COc1ccc2ccccc2c1)c1ccc(C)cc1C. The van der Waals surface area contributed by atoms with E-state index in [-0.39, 0.29) is 12.5 Å². The number of nitrogens with one attached hydrogen (secondary N) is 1. The molecule has 0 aliphatic heterocycles. The molecule has 3 aromatic rings. The molecule has 0 aliphatic carbocycles. The first kappa shape index (κ1) is 17.7. The van der Waals surface area contributed by atoms with Gasteiger partial charge in [0, 0.05) is 5.56 Å². The summed E-state index contributed by atoms with van der Waals surface area (Å²) in [5, 5.41) is 6.40. The fraction of sp³-hybridized carbons (Fsp3) is 0.182. The zero-order valence-corrected chi connectivity index (χ0v) is 15.2. The number of nitrogens with zero attached hydrogens (tertiary/aromatic N) is 1. The highest BCUT2D eigenvalue weighted by Crippen LogP contribution is 2.20. The van der Waals surface area contributed by atoms with Crippen molar-refractivity contribution in [2.45, 2.75) is 20.8 Å². The minimum atomic E-state index is -0.290. The number of fused-ring (bicyclic) bond motifs is 1. The molecule has 0 heterocycles. The Kier molecular flexibility index (Phi) is 5.32. The standard InChI is InChI=1S/C22H22N2O2/c1-15-8-11-21(16(2)12-15)17(3)23-24-22(25)14-26-20-10-9-18-6-4-5-7-19(18)13-20/h4-13H,14H2,1-3H3,(H,24,25)/b23-17+. The number of hydrazone groups is 1. The Bertz CT molecular complexity index is 977. The fourth-order valence-electron chi connectivity index (χ4n) is 2.86. The average Bonchev–Trinajstić information content (AvgIpc) is 2.64. The molecule has 0 unspecified atom stereocenters. The van der Waals surface area contributed by atoms with Crippen LogP contribution < -0.4 is 10.2 Å². The lowest BCUT2D eigenvalue weighted by Gasteiger charge is -2.08. The third kappa shape index (κ3) is 4.28. The molecule has 132 valence electrons. The van der Waals surface area contributed by atoms with Crippen molar-refractivity contribution >= 4 is 22.4 Å². The second kappa shape index (κ2) is 7.83. The van der Waals surface area contributed by atoms with Crippen LogP contribution in [0, 0.1) is 13.8 Å². The number of ether oxygens (including phenoxy) is 1. The number of carbonyl (C=O) groups is 1. The lowest BCUT2D eigenvalue weighted by molar-refractivity contribution is -0.123. The number of hydrogen-bond donors (Lipinski definition) is 1. The van der Waals surface area contributed by atoms with Gasteiger partial charge in [0.25, 0.3) is 5.91 Å². The molecular formula is C22H22N2O2. The van der Waals surface area contributed by atoms with Crippen molar-refractivity contribution in [3.8, 4) is 5.75 Å². The van der Waals surface area contributed by atoms with Crippen LogP contribution in [0.5, 0.6) is 5.75 Å². The van der Waals surface area contributed by atoms with Crippen LogP contribution in [0.15, 0.2) is 65.8 Å². The second-order valence-corrected chi connectivity index (χ2v) is 6.35. The quantitative estimate of drug-likeness (QED) is 0.551. The van der Waals surface area contributed by atoms with Crippen molar-refractivity contribution in [3.63, 3.8) is 0 Å². The first-order valence-electron chi connectivity index (χ1n) is 8.55. The van der Waals surface area contributed by atoms with E-state index in [9.17, 15) is 4.79 Å². The molecule has 0 fully saturated rings. The van der Waals surface area contributed by atoms with Crippen LogP contribution in [0.4, 0.5) is 0 Å². The van der Waals surface area contributed by atoms with E-state index in [1.54, 1.807) is 0 Å². The van der Waals surface area contributed by atoms with Crippen LogP contribution in [0.1, 0.15) is 23.6 Å². The molecule has 0 aliphatic rings. The van der Waals surface area contributed by atoms with Gasteiger partial charge in [-0.3, -0.25) is 4.79 Å². The maximum absolute atomic E-state index is 12.0. The Labute approximate surface area is 153 Å². The van der Waals surface area contributed by atoms with Gasteiger partial charge < -0.3 is 4.74 Å². The van der Waals surface area contributed by atoms with Gasteiger partial charge in [-0.1, -0.05) is 54.1 Å². The van der Waals surface area contributed by atoms with E-state index in [0.717, 1.165) is 27.6 Å². The first-order valence-corrected chi connectivity index (χ1v) is 8.55. The lowest BCUT2D eigenvalue weighted by atomic mass is 10.0. The van der Waals surface area contributed by atoms with Crippen LogP contribution in [-0.4, -0.2) is 18.2 Å². The normalized spacial score (nSPS) is 11.4. The van der Waals surface area contributed by atoms with Crippen LogP contribution in [-0.2, 0) is 4.79 Å². The third-order valence-corrected chi connectivity index (χ3v) is 4.21. The largest absolute Gasteiger partial charge is 0.484 e. The van der Waals surface area contributed by atoms with Crippen LogP contribution in [0.25, 0.3) is 10.8 Å². The van der Waals surface area contributed by atoms with Crippen molar-refractivity contribution in [2.75, 3.05) is 6.61 Å². The number of hydrogen-bond acceptors (Lipinski definition) is 3. The smallest absolute Gasteiger partial charge is 0.277 e. The van der Waals surface area contributed by atoms with Gasteiger partial charge >= 0.3 is 0 Å². The van der Waals surface area contributed by atoms with Crippen LogP contribution >= 0.6 is 0 Å². The van der Waals surface area contributed by atoms with E-state index in [4.69, 9.17) is 4.74 Å². The van der Waals surface area contributed by atoms with Crippen molar-refractivity contribution in [2.24, 2.45) is 5.10 Å². The van der Waals surface area contributed by atoms with Gasteiger partial charge in [0.15, 0.2) is 6.61 Å². The molecule has 0 saturated heterocycles. The summed E-state index contributed by atoms with van der Waals surface area (Å²) in [4.78, 5) is 12.0. The zero-order chi connectivity index (χ0) is 18.5. The van der Waals surface area contributed by atoms with Crippen molar-refractivity contribution < 1.29 is 9.53 Å². The maximum atomic E-state index is 12.0. The van der Waals surface area contributed by atoms with E-state index < -0.39 is 0 Å². The summed E-state index contributed by atoms with van der Waals surface area (Å²) in [6, 6.07) is 19.9. The van der Waals surface area contributed by atoms with Crippen molar-refractivity contribution in [3.05, 3.63) is 77.4 Å². The summed E-state index contributed by atoms with van der Waals surface area (Å²) < 4.78 is 5.57. The van der Waals surface area contributed by atoms with Gasteiger partial charge in [0.05, 0.1) is 5.71 Å². The molecule has 1 N–H and O–H groups in total. The van der Waals surface area contributed by atoms with Crippen LogP contribution in [0.2, 0.25) is 0 Å². The molecule has 0 spiro atoms. The molecule has 3 rings (SSSR count). The second-order valence-electron chi connectivity index (χ2n) is 6.35. The zero-order valence-electron chi connectivity index (χ0n) is 15.2. The molecule has 3 aromatic carbocycles. The first-order chi connectivity index (χ1) is 12.5. The molecule has 0 radical (unpaired) electrons. The predicted octanol–water partition coefficient (Wildman–Crippen LogP) is 4.38. The molecule has 0 bridgehead atoms. The minimum Gasteiger partial charge on any atom is -0.484 e. The van der Waals surface area contributed by atoms with E-state index >= 15 is 0 Å². The summed E-state index contributed by atoms with van der Waals surface area (Å²) >= 11 is 0. The number of rotatable bonds is 5. The highest BCUT2D eigenvalue weighted by Gasteiger charge is 2.05. The van der Waals surface area contributed by atoms with Gasteiger partial charge in [-0.05, 0) is 49.2 Å². The van der Waals surface area contributed by atoms with Gasteiger partial charge in [-0.2, -0.15) is 5.10 Å². The van der Waals surface area contributed by atoms with E-state index in [1.807, 2.05) is 68.4 Å². The highest BCUT2D eigenvalue weighted by atomic mass is 16.5. The molecule has 0 atom stereocenters. The van der Waals surface area contributed by atoms with Gasteiger partial charge in [0.2, 0.25) is 0 Å². The van der Waals surface area contributed by atoms with E-state index in [1.165, 1.54) is 5.56 Å². The van der Waals surface area contributed by atoms with Gasteiger partial charge in [0.1, 0.15) is 5.75 Å². The lowest BCUT2D eigenvalue weighted by Crippen LogP contribution is -2.25. The molecule has 1 amide bonds. The van der Waals surface area contributed by atoms with Crippen molar-refractivity contribution in [1.29, 1.82) is 0 Å². The molecule has 0 saturated carbocycles. The Morgan fingerprint density at radius 1 is 1.00 bits per heavy atom. The monoisotopic (exact) mass is 346 g/mol. The number of aryl methyl sites for hydroxylation is 2. The molecule has 4 heteroatoms. The summed E-state index contributed by atoms with van der Waals surface area (Å²) in [6.07, 6.45) is 0. The topological polar surface area (TPSA) is 50.7 Å². The molecule has 4 nitrogen and oxygen atoms in total.